The van der Waals surface area contributed by atoms with E-state index in [0.29, 0.717) is 19.3 Å². The Morgan fingerprint density at radius 2 is 0.723 bits per heavy atom. The van der Waals surface area contributed by atoms with Gasteiger partial charge in [0.05, 0.1) is 6.61 Å². The topological polar surface area (TPSA) is 175 Å². The number of rotatable bonds is 60. The number of allylic oxidation sites excluding steroid dienone is 8. The van der Waals surface area contributed by atoms with Gasteiger partial charge in [0.25, 0.3) is 0 Å². The quantitative estimate of drug-likeness (QED) is 0.0228. The van der Waals surface area contributed by atoms with E-state index < -0.39 is 67.3 Å². The number of unbranched alkanes of at least 4 members (excludes halogenated alkanes) is 38. The van der Waals surface area contributed by atoms with Crippen LogP contribution in [0.25, 0.3) is 0 Å². The van der Waals surface area contributed by atoms with Gasteiger partial charge in [0, 0.05) is 19.3 Å². The van der Waals surface area contributed by atoms with Crippen LogP contribution in [0.15, 0.2) is 48.6 Å². The smallest absolute Gasteiger partial charge is 0.335 e. The first kappa shape index (κ1) is 77.7. The van der Waals surface area contributed by atoms with Crippen molar-refractivity contribution in [2.45, 2.75) is 366 Å². The van der Waals surface area contributed by atoms with Crippen molar-refractivity contribution in [3.8, 4) is 0 Å². The molecule has 482 valence electrons. The molecule has 0 aliphatic carbocycles. The van der Waals surface area contributed by atoms with Crippen LogP contribution in [0.4, 0.5) is 0 Å². The first-order chi connectivity index (χ1) is 40.6. The maximum atomic E-state index is 13.2. The molecule has 6 atom stereocenters. The van der Waals surface area contributed by atoms with Crippen LogP contribution < -0.4 is 0 Å². The predicted octanol–water partition coefficient (Wildman–Crippen LogP) is 18.9. The summed E-state index contributed by atoms with van der Waals surface area (Å²) >= 11 is 0. The van der Waals surface area contributed by atoms with E-state index in [0.717, 1.165) is 96.3 Å². The number of carbonyl (C=O) groups excluding carboxylic acids is 3. The SMILES string of the molecule is CCCCC/C=C\C/C=C\CCCCCCCCCCCC(=O)OCC(COC1OC(C(=O)O)C(O)C(O)C1OC(=O)CCCCCCCCC/C=C\CCCCCCCC)OC(=O)CCCCCCCCC/C=C\CCCCCCCC. The van der Waals surface area contributed by atoms with Crippen LogP contribution in [0, 0.1) is 0 Å². The number of aliphatic hydroxyl groups excluding tert-OH is 2. The molecular weight excluding hydrogens is 1040 g/mol. The van der Waals surface area contributed by atoms with Crippen molar-refractivity contribution in [3.05, 3.63) is 48.6 Å². The van der Waals surface area contributed by atoms with Crippen LogP contribution in [0.5, 0.6) is 0 Å². The van der Waals surface area contributed by atoms with Crippen molar-refractivity contribution < 1.29 is 58.2 Å². The lowest BCUT2D eigenvalue weighted by atomic mass is 9.98. The fourth-order valence-corrected chi connectivity index (χ4v) is 10.5. The fourth-order valence-electron chi connectivity index (χ4n) is 10.5. The zero-order chi connectivity index (χ0) is 60.3. The van der Waals surface area contributed by atoms with Gasteiger partial charge in [-0.15, -0.1) is 0 Å². The largest absolute Gasteiger partial charge is 0.479 e. The maximum Gasteiger partial charge on any atom is 0.335 e. The van der Waals surface area contributed by atoms with E-state index in [1.54, 1.807) is 0 Å². The predicted molar refractivity (Wildman–Crippen MR) is 340 cm³/mol. The molecule has 0 radical (unpaired) electrons. The number of aliphatic carboxylic acids is 1. The first-order valence-electron chi connectivity index (χ1n) is 34.6. The van der Waals surface area contributed by atoms with Gasteiger partial charge in [0.2, 0.25) is 0 Å². The molecule has 1 heterocycles. The first-order valence-corrected chi connectivity index (χ1v) is 34.6. The maximum absolute atomic E-state index is 13.2. The third-order valence-electron chi connectivity index (χ3n) is 15.8. The van der Waals surface area contributed by atoms with Crippen molar-refractivity contribution in [1.29, 1.82) is 0 Å². The molecule has 12 heteroatoms. The second-order valence-electron chi connectivity index (χ2n) is 23.8. The Hall–Kier alpha value is -3.32. The van der Waals surface area contributed by atoms with Crippen molar-refractivity contribution in [2.75, 3.05) is 13.2 Å². The average Bonchev–Trinajstić information content (AvgIpc) is 3.59. The monoisotopic (exact) mass is 1170 g/mol. The number of ether oxygens (including phenoxy) is 5. The molecule has 3 N–H and O–H groups in total. The van der Waals surface area contributed by atoms with Gasteiger partial charge in [-0.1, -0.05) is 256 Å². The second-order valence-corrected chi connectivity index (χ2v) is 23.8. The molecular formula is C71H126O12. The van der Waals surface area contributed by atoms with E-state index in [1.807, 2.05) is 0 Å². The summed E-state index contributed by atoms with van der Waals surface area (Å²) in [5, 5.41) is 31.6. The number of carbonyl (C=O) groups is 4. The van der Waals surface area contributed by atoms with Crippen molar-refractivity contribution in [2.24, 2.45) is 0 Å². The molecule has 0 bridgehead atoms. The van der Waals surface area contributed by atoms with Gasteiger partial charge >= 0.3 is 23.9 Å². The van der Waals surface area contributed by atoms with Crippen molar-refractivity contribution in [3.63, 3.8) is 0 Å². The Bertz CT molecular complexity index is 1630. The average molecular weight is 1170 g/mol. The summed E-state index contributed by atoms with van der Waals surface area (Å²) in [5.41, 5.74) is 0. The number of esters is 3. The lowest BCUT2D eigenvalue weighted by Crippen LogP contribution is -2.61. The Labute approximate surface area is 507 Å². The van der Waals surface area contributed by atoms with Gasteiger partial charge in [-0.2, -0.15) is 0 Å². The van der Waals surface area contributed by atoms with Crippen LogP contribution in [0.3, 0.4) is 0 Å². The molecule has 1 aliphatic rings. The van der Waals surface area contributed by atoms with Crippen LogP contribution in [-0.2, 0) is 42.9 Å². The van der Waals surface area contributed by atoms with Crippen LogP contribution in [0.2, 0.25) is 0 Å². The number of hydrogen-bond donors (Lipinski definition) is 3. The third kappa shape index (κ3) is 48.5. The van der Waals surface area contributed by atoms with Gasteiger partial charge in [-0.3, -0.25) is 14.4 Å². The molecule has 0 aromatic rings. The summed E-state index contributed by atoms with van der Waals surface area (Å²) in [6.07, 6.45) is 60.6. The second kappa shape index (κ2) is 59.0. The highest BCUT2D eigenvalue weighted by atomic mass is 16.7. The molecule has 6 unspecified atom stereocenters. The highest BCUT2D eigenvalue weighted by Gasteiger charge is 2.50. The summed E-state index contributed by atoms with van der Waals surface area (Å²) in [7, 11) is 0. The molecule has 1 saturated heterocycles. The van der Waals surface area contributed by atoms with E-state index in [2.05, 4.69) is 69.4 Å². The summed E-state index contributed by atoms with van der Waals surface area (Å²) in [5.74, 6) is -3.11. The third-order valence-corrected chi connectivity index (χ3v) is 15.8. The van der Waals surface area contributed by atoms with Gasteiger partial charge in [-0.25, -0.2) is 4.79 Å². The van der Waals surface area contributed by atoms with Crippen LogP contribution in [-0.4, -0.2) is 89.2 Å². The van der Waals surface area contributed by atoms with Gasteiger partial charge in [0.1, 0.15) is 18.8 Å². The summed E-state index contributed by atoms with van der Waals surface area (Å²) in [4.78, 5) is 51.4. The number of hydrogen-bond acceptors (Lipinski definition) is 11. The van der Waals surface area contributed by atoms with E-state index in [-0.39, 0.29) is 25.9 Å². The van der Waals surface area contributed by atoms with Gasteiger partial charge < -0.3 is 39.0 Å². The molecule has 1 rings (SSSR count). The van der Waals surface area contributed by atoms with Crippen molar-refractivity contribution >= 4 is 23.9 Å². The highest BCUT2D eigenvalue weighted by Crippen LogP contribution is 2.27. The minimum absolute atomic E-state index is 0.0568. The Balaban J connectivity index is 2.64. The number of carboxylic acids is 1. The summed E-state index contributed by atoms with van der Waals surface area (Å²) in [6, 6.07) is 0. The minimum Gasteiger partial charge on any atom is -0.479 e. The van der Waals surface area contributed by atoms with E-state index >= 15 is 0 Å². The summed E-state index contributed by atoms with van der Waals surface area (Å²) < 4.78 is 28.6. The molecule has 0 amide bonds. The van der Waals surface area contributed by atoms with Crippen molar-refractivity contribution in [1.82, 2.24) is 0 Å². The molecule has 1 fully saturated rings. The molecule has 83 heavy (non-hydrogen) atoms. The zero-order valence-electron chi connectivity index (χ0n) is 53.5. The van der Waals surface area contributed by atoms with Crippen LogP contribution in [0.1, 0.15) is 329 Å². The molecule has 0 saturated carbocycles. The lowest BCUT2D eigenvalue weighted by Gasteiger charge is -2.40. The minimum atomic E-state index is -1.91. The Morgan fingerprint density at radius 1 is 0.398 bits per heavy atom. The Kier molecular flexibility index (Phi) is 55.3. The van der Waals surface area contributed by atoms with Gasteiger partial charge in [-0.05, 0) is 103 Å². The van der Waals surface area contributed by atoms with Gasteiger partial charge in [0.15, 0.2) is 24.6 Å². The standard InChI is InChI=1S/C71H126O12/c1-4-7-10-13-16-19-22-25-28-31-32-35-36-39-42-45-48-51-54-57-63(72)79-60-62(81-64(73)58-55-52-49-46-43-40-37-33-29-26-23-20-17-14-11-8-5-2)61-80-71-69(67(76)66(75)68(83-71)70(77)78)82-65(74)59-56-53-50-47-44-41-38-34-30-27-24-21-18-15-12-9-6-3/h16,19,25-30,62,66-69,71,75-76H,4-15,17-18,20-24,31-61H2,1-3H3,(H,77,78)/b19-16-,28-25-,29-26-,30-27-. The molecule has 0 aromatic carbocycles. The van der Waals surface area contributed by atoms with Crippen LogP contribution >= 0.6 is 0 Å². The van der Waals surface area contributed by atoms with E-state index in [4.69, 9.17) is 23.7 Å². The zero-order valence-corrected chi connectivity index (χ0v) is 53.5. The molecule has 1 aliphatic heterocycles. The summed E-state index contributed by atoms with van der Waals surface area (Å²) in [6.45, 7) is 6.01. The van der Waals surface area contributed by atoms with E-state index in [9.17, 15) is 34.5 Å². The number of carboxylic acid groups (broad SMARTS) is 1. The lowest BCUT2D eigenvalue weighted by molar-refractivity contribution is -0.301. The number of aliphatic hydroxyl groups is 2. The van der Waals surface area contributed by atoms with E-state index in [1.165, 1.54) is 173 Å². The fraction of sp³-hybridized carbons (Fsp3) is 0.831. The normalized spacial score (nSPS) is 17.8. The molecule has 0 spiro atoms. The highest BCUT2D eigenvalue weighted by molar-refractivity contribution is 5.74. The molecule has 12 nitrogen and oxygen atoms in total. The molecule has 0 aromatic heterocycles. The Morgan fingerprint density at radius 3 is 1.12 bits per heavy atom.